The molecular formula is C12H15BrFNO. The second-order valence-corrected chi connectivity index (χ2v) is 5.41. The number of phenolic OH excluding ortho intramolecular Hbond substituents is 1. The van der Waals surface area contributed by atoms with Gasteiger partial charge in [-0.15, -0.1) is 0 Å². The third-order valence-electron chi connectivity index (χ3n) is 3.37. The van der Waals surface area contributed by atoms with Crippen LogP contribution in [0.1, 0.15) is 30.9 Å². The van der Waals surface area contributed by atoms with E-state index in [1.807, 2.05) is 13.8 Å². The largest absolute Gasteiger partial charge is 0.505 e. The molecular weight excluding hydrogens is 273 g/mol. The van der Waals surface area contributed by atoms with Gasteiger partial charge >= 0.3 is 0 Å². The molecule has 0 amide bonds. The van der Waals surface area contributed by atoms with Crippen molar-refractivity contribution in [3.05, 3.63) is 27.5 Å². The molecule has 1 saturated heterocycles. The minimum absolute atomic E-state index is 0.224. The van der Waals surface area contributed by atoms with Crippen LogP contribution in [-0.2, 0) is 5.54 Å². The molecule has 88 valence electrons. The van der Waals surface area contributed by atoms with Gasteiger partial charge in [0.25, 0.3) is 0 Å². The number of nitrogens with one attached hydrogen (secondary N) is 1. The average Bonchev–Trinajstić information content (AvgIpc) is 2.63. The molecule has 0 bridgehead atoms. The van der Waals surface area contributed by atoms with Gasteiger partial charge in [0.1, 0.15) is 0 Å². The highest BCUT2D eigenvalue weighted by atomic mass is 79.9. The lowest BCUT2D eigenvalue weighted by molar-refractivity contribution is 0.373. The Kier molecular flexibility index (Phi) is 2.97. The van der Waals surface area contributed by atoms with Crippen LogP contribution < -0.4 is 5.32 Å². The normalized spacial score (nSPS) is 25.0. The molecule has 2 nitrogen and oxygen atoms in total. The van der Waals surface area contributed by atoms with E-state index >= 15 is 0 Å². The van der Waals surface area contributed by atoms with Crippen molar-refractivity contribution in [2.45, 2.75) is 32.2 Å². The SMILES string of the molecule is Cc1c(Br)cc(F)c(O)c1C1(C)CCCN1. The fourth-order valence-electron chi connectivity index (χ4n) is 2.49. The molecule has 1 aliphatic heterocycles. The van der Waals surface area contributed by atoms with Gasteiger partial charge in [-0.1, -0.05) is 15.9 Å². The fraction of sp³-hybridized carbons (Fsp3) is 0.500. The van der Waals surface area contributed by atoms with Crippen LogP contribution in [0.25, 0.3) is 0 Å². The Labute approximate surface area is 103 Å². The smallest absolute Gasteiger partial charge is 0.166 e. The van der Waals surface area contributed by atoms with Gasteiger partial charge in [-0.2, -0.15) is 0 Å². The van der Waals surface area contributed by atoms with Crippen LogP contribution >= 0.6 is 15.9 Å². The zero-order chi connectivity index (χ0) is 11.9. The van der Waals surface area contributed by atoms with Gasteiger partial charge in [0.2, 0.25) is 0 Å². The van der Waals surface area contributed by atoms with E-state index in [9.17, 15) is 9.50 Å². The van der Waals surface area contributed by atoms with Crippen molar-refractivity contribution in [2.75, 3.05) is 6.54 Å². The summed E-state index contributed by atoms with van der Waals surface area (Å²) < 4.78 is 14.2. The first-order valence-corrected chi connectivity index (χ1v) is 6.18. The zero-order valence-corrected chi connectivity index (χ0v) is 11.0. The van der Waals surface area contributed by atoms with E-state index in [1.54, 1.807) is 0 Å². The van der Waals surface area contributed by atoms with E-state index in [0.717, 1.165) is 24.9 Å². The molecule has 0 aromatic heterocycles. The molecule has 1 unspecified atom stereocenters. The van der Waals surface area contributed by atoms with Crippen LogP contribution in [-0.4, -0.2) is 11.7 Å². The van der Waals surface area contributed by atoms with Gasteiger partial charge in [-0.3, -0.25) is 0 Å². The molecule has 0 aliphatic carbocycles. The van der Waals surface area contributed by atoms with Crippen molar-refractivity contribution in [3.63, 3.8) is 0 Å². The minimum Gasteiger partial charge on any atom is -0.505 e. The van der Waals surface area contributed by atoms with E-state index in [1.165, 1.54) is 6.07 Å². The van der Waals surface area contributed by atoms with E-state index in [2.05, 4.69) is 21.2 Å². The quantitative estimate of drug-likeness (QED) is 0.831. The topological polar surface area (TPSA) is 32.3 Å². The lowest BCUT2D eigenvalue weighted by Gasteiger charge is -2.28. The molecule has 1 atom stereocenters. The summed E-state index contributed by atoms with van der Waals surface area (Å²) in [5, 5.41) is 13.2. The number of phenols is 1. The average molecular weight is 288 g/mol. The maximum absolute atomic E-state index is 13.5. The monoisotopic (exact) mass is 287 g/mol. The van der Waals surface area contributed by atoms with Crippen LogP contribution in [0.2, 0.25) is 0 Å². The third kappa shape index (κ3) is 1.74. The maximum atomic E-state index is 13.5. The molecule has 1 aromatic rings. The fourth-order valence-corrected chi connectivity index (χ4v) is 2.89. The standard InChI is InChI=1S/C12H15BrFNO/c1-7-8(13)6-9(14)11(16)10(7)12(2)4-3-5-15-12/h6,15-16H,3-5H2,1-2H3. The van der Waals surface area contributed by atoms with Crippen LogP contribution in [0.3, 0.4) is 0 Å². The van der Waals surface area contributed by atoms with Crippen molar-refractivity contribution in [1.82, 2.24) is 5.32 Å². The van der Waals surface area contributed by atoms with Crippen molar-refractivity contribution in [2.24, 2.45) is 0 Å². The minimum atomic E-state index is -0.567. The van der Waals surface area contributed by atoms with Gasteiger partial charge in [0.15, 0.2) is 11.6 Å². The van der Waals surface area contributed by atoms with Gasteiger partial charge < -0.3 is 10.4 Å². The predicted molar refractivity (Wildman–Crippen MR) is 65.1 cm³/mol. The molecule has 2 rings (SSSR count). The Hall–Kier alpha value is -0.610. The van der Waals surface area contributed by atoms with Crippen molar-refractivity contribution >= 4 is 15.9 Å². The Bertz CT molecular complexity index is 401. The third-order valence-corrected chi connectivity index (χ3v) is 4.19. The van der Waals surface area contributed by atoms with E-state index < -0.39 is 5.82 Å². The maximum Gasteiger partial charge on any atom is 0.166 e. The number of halogens is 2. The first-order chi connectivity index (χ1) is 7.46. The van der Waals surface area contributed by atoms with Gasteiger partial charge in [0, 0.05) is 15.6 Å². The number of aromatic hydroxyl groups is 1. The summed E-state index contributed by atoms with van der Waals surface area (Å²) in [5.41, 5.74) is 1.26. The number of benzene rings is 1. The van der Waals surface area contributed by atoms with Gasteiger partial charge in [-0.25, -0.2) is 4.39 Å². The summed E-state index contributed by atoms with van der Waals surface area (Å²) in [5.74, 6) is -0.792. The van der Waals surface area contributed by atoms with Crippen molar-refractivity contribution in [1.29, 1.82) is 0 Å². The van der Waals surface area contributed by atoms with Crippen molar-refractivity contribution < 1.29 is 9.50 Å². The Balaban J connectivity index is 2.63. The molecule has 0 radical (unpaired) electrons. The highest BCUT2D eigenvalue weighted by molar-refractivity contribution is 9.10. The summed E-state index contributed by atoms with van der Waals surface area (Å²) in [6.07, 6.45) is 1.96. The molecule has 1 aromatic carbocycles. The van der Waals surface area contributed by atoms with Gasteiger partial charge in [-0.05, 0) is 44.9 Å². The molecule has 1 heterocycles. The van der Waals surface area contributed by atoms with Crippen molar-refractivity contribution in [3.8, 4) is 5.75 Å². The number of rotatable bonds is 1. The molecule has 4 heteroatoms. The van der Waals surface area contributed by atoms with Crippen LogP contribution in [0.15, 0.2) is 10.5 Å². The highest BCUT2D eigenvalue weighted by Gasteiger charge is 2.35. The van der Waals surface area contributed by atoms with Crippen LogP contribution in [0, 0.1) is 12.7 Å². The summed E-state index contributed by atoms with van der Waals surface area (Å²) in [6, 6.07) is 1.31. The predicted octanol–water partition coefficient (Wildman–Crippen LogP) is 3.20. The molecule has 1 fully saturated rings. The lowest BCUT2D eigenvalue weighted by atomic mass is 9.86. The number of hydrogen-bond acceptors (Lipinski definition) is 2. The first kappa shape index (κ1) is 11.9. The summed E-state index contributed by atoms with van der Waals surface area (Å²) in [7, 11) is 0. The Morgan fingerprint density at radius 3 is 2.81 bits per heavy atom. The second-order valence-electron chi connectivity index (χ2n) is 4.55. The Morgan fingerprint density at radius 1 is 1.56 bits per heavy atom. The van der Waals surface area contributed by atoms with Crippen LogP contribution in [0.5, 0.6) is 5.75 Å². The molecule has 2 N–H and O–H groups in total. The second kappa shape index (κ2) is 4.00. The van der Waals surface area contributed by atoms with E-state index in [-0.39, 0.29) is 11.3 Å². The summed E-state index contributed by atoms with van der Waals surface area (Å²) in [4.78, 5) is 0. The highest BCUT2D eigenvalue weighted by Crippen LogP contribution is 2.41. The van der Waals surface area contributed by atoms with E-state index in [0.29, 0.717) is 10.0 Å². The molecule has 1 aliphatic rings. The molecule has 0 saturated carbocycles. The first-order valence-electron chi connectivity index (χ1n) is 5.39. The lowest BCUT2D eigenvalue weighted by Crippen LogP contribution is -2.34. The van der Waals surface area contributed by atoms with Gasteiger partial charge in [0.05, 0.1) is 0 Å². The zero-order valence-electron chi connectivity index (χ0n) is 9.40. The Morgan fingerprint density at radius 2 is 2.25 bits per heavy atom. The molecule has 16 heavy (non-hydrogen) atoms. The van der Waals surface area contributed by atoms with E-state index in [4.69, 9.17) is 0 Å². The number of hydrogen-bond donors (Lipinski definition) is 2. The summed E-state index contributed by atoms with van der Waals surface area (Å²) >= 11 is 3.32. The van der Waals surface area contributed by atoms with Crippen LogP contribution in [0.4, 0.5) is 4.39 Å². The summed E-state index contributed by atoms with van der Waals surface area (Å²) in [6.45, 7) is 4.81. The molecule has 0 spiro atoms.